The van der Waals surface area contributed by atoms with E-state index in [4.69, 9.17) is 9.47 Å². The Hall–Kier alpha value is -3.73. The second-order valence-electron chi connectivity index (χ2n) is 7.04. The lowest BCUT2D eigenvalue weighted by Gasteiger charge is -2.13. The van der Waals surface area contributed by atoms with Gasteiger partial charge in [-0.2, -0.15) is 10.2 Å². The number of amides is 1. The van der Waals surface area contributed by atoms with Gasteiger partial charge in [-0.1, -0.05) is 30.3 Å². The summed E-state index contributed by atoms with van der Waals surface area (Å²) in [6.45, 7) is 3.25. The van der Waals surface area contributed by atoms with Crippen LogP contribution in [0.2, 0.25) is 0 Å². The van der Waals surface area contributed by atoms with E-state index in [1.54, 1.807) is 19.1 Å². The van der Waals surface area contributed by atoms with Crippen LogP contribution in [0.5, 0.6) is 11.5 Å². The number of aromatic nitrogens is 2. The van der Waals surface area contributed by atoms with E-state index in [1.807, 2.05) is 30.3 Å². The van der Waals surface area contributed by atoms with E-state index >= 15 is 0 Å². The Morgan fingerprint density at radius 1 is 1.30 bits per heavy atom. The fourth-order valence-electron chi connectivity index (χ4n) is 3.14. The molecule has 0 bridgehead atoms. The molecule has 0 fully saturated rings. The fourth-order valence-corrected chi connectivity index (χ4v) is 3.71. The zero-order valence-electron chi connectivity index (χ0n) is 18.2. The molecule has 0 unspecified atom stereocenters. The summed E-state index contributed by atoms with van der Waals surface area (Å²) in [7, 11) is 1.54. The molecule has 0 spiro atoms. The molecule has 11 heteroatoms. The third kappa shape index (κ3) is 5.95. The van der Waals surface area contributed by atoms with Crippen LogP contribution in [0.4, 0.5) is 5.69 Å². The van der Waals surface area contributed by atoms with Crippen LogP contribution in [0, 0.1) is 24.0 Å². The standard InChI is InChI=1S/C22H22BrN5O5/c1-14-21(28(30)31)15(2)27(26-14)12-20(29)25-24-11-17-9-18(23)22(19(10-17)32-3)33-13-16-7-5-4-6-8-16/h4-11H,12-13H2,1-3H3,(H,25,29)/b24-11+. The minimum Gasteiger partial charge on any atom is -0.493 e. The number of hydrogen-bond acceptors (Lipinski definition) is 7. The van der Waals surface area contributed by atoms with E-state index < -0.39 is 10.8 Å². The van der Waals surface area contributed by atoms with Crippen LogP contribution in [-0.4, -0.2) is 33.9 Å². The van der Waals surface area contributed by atoms with E-state index in [2.05, 4.69) is 31.6 Å². The Bertz CT molecular complexity index is 1190. The van der Waals surface area contributed by atoms with Crippen molar-refractivity contribution in [2.45, 2.75) is 27.0 Å². The zero-order valence-corrected chi connectivity index (χ0v) is 19.8. The van der Waals surface area contributed by atoms with Gasteiger partial charge in [-0.3, -0.25) is 19.6 Å². The molecule has 0 saturated carbocycles. The van der Waals surface area contributed by atoms with E-state index in [0.717, 1.165) is 5.56 Å². The summed E-state index contributed by atoms with van der Waals surface area (Å²) < 4.78 is 13.3. The molecule has 0 atom stereocenters. The van der Waals surface area contributed by atoms with Crippen molar-refractivity contribution in [3.05, 3.63) is 79.6 Å². The van der Waals surface area contributed by atoms with Crippen molar-refractivity contribution in [2.24, 2.45) is 5.10 Å². The van der Waals surface area contributed by atoms with Crippen molar-refractivity contribution in [1.82, 2.24) is 15.2 Å². The average Bonchev–Trinajstić information content (AvgIpc) is 3.06. The maximum atomic E-state index is 12.2. The topological polar surface area (TPSA) is 121 Å². The van der Waals surface area contributed by atoms with Gasteiger partial charge >= 0.3 is 5.69 Å². The van der Waals surface area contributed by atoms with Gasteiger partial charge in [0.15, 0.2) is 11.5 Å². The molecule has 3 rings (SSSR count). The molecule has 172 valence electrons. The maximum Gasteiger partial charge on any atom is 0.312 e. The van der Waals surface area contributed by atoms with E-state index in [0.29, 0.717) is 33.8 Å². The lowest BCUT2D eigenvalue weighted by molar-refractivity contribution is -0.386. The van der Waals surface area contributed by atoms with Gasteiger partial charge in [0.2, 0.25) is 0 Å². The fraction of sp³-hybridized carbons (Fsp3) is 0.227. The normalized spacial score (nSPS) is 10.9. The second kappa shape index (κ2) is 10.7. The van der Waals surface area contributed by atoms with Crippen LogP contribution in [0.15, 0.2) is 52.0 Å². The number of nitrogens with one attached hydrogen (secondary N) is 1. The number of carbonyl (C=O) groups is 1. The minimum absolute atomic E-state index is 0.0992. The van der Waals surface area contributed by atoms with Crippen molar-refractivity contribution in [2.75, 3.05) is 7.11 Å². The lowest BCUT2D eigenvalue weighted by Crippen LogP contribution is -2.24. The molecule has 0 aliphatic heterocycles. The molecule has 1 heterocycles. The van der Waals surface area contributed by atoms with Crippen molar-refractivity contribution < 1.29 is 19.2 Å². The van der Waals surface area contributed by atoms with Crippen LogP contribution in [0.25, 0.3) is 0 Å². The quantitative estimate of drug-likeness (QED) is 0.262. The SMILES string of the molecule is COc1cc(/C=N/NC(=O)Cn2nc(C)c([N+](=O)[O-])c2C)cc(Br)c1OCc1ccccc1. The summed E-state index contributed by atoms with van der Waals surface area (Å²) in [5, 5.41) is 19.1. The molecule has 2 aromatic carbocycles. The Kier molecular flexibility index (Phi) is 7.78. The predicted octanol–water partition coefficient (Wildman–Crippen LogP) is 3.91. The Labute approximate surface area is 198 Å². The number of benzene rings is 2. The molecular weight excluding hydrogens is 494 g/mol. The van der Waals surface area contributed by atoms with Crippen molar-refractivity contribution >= 4 is 33.7 Å². The van der Waals surface area contributed by atoms with Crippen molar-refractivity contribution in [3.63, 3.8) is 0 Å². The first-order valence-corrected chi connectivity index (χ1v) is 10.6. The van der Waals surface area contributed by atoms with Gasteiger partial charge in [-0.25, -0.2) is 5.43 Å². The van der Waals surface area contributed by atoms with Gasteiger partial charge in [-0.05, 0) is 53.0 Å². The highest BCUT2D eigenvalue weighted by atomic mass is 79.9. The van der Waals surface area contributed by atoms with Crippen LogP contribution in [0.1, 0.15) is 22.5 Å². The first-order valence-electron chi connectivity index (χ1n) is 9.84. The molecule has 1 amide bonds. The number of methoxy groups -OCH3 is 1. The minimum atomic E-state index is -0.511. The number of nitrogens with zero attached hydrogens (tertiary/aromatic N) is 4. The molecule has 0 saturated heterocycles. The van der Waals surface area contributed by atoms with Gasteiger partial charge < -0.3 is 9.47 Å². The summed E-state index contributed by atoms with van der Waals surface area (Å²) in [4.78, 5) is 22.8. The molecule has 0 aliphatic rings. The number of nitro groups is 1. The third-order valence-corrected chi connectivity index (χ3v) is 5.29. The Balaban J connectivity index is 1.65. The number of rotatable bonds is 9. The average molecular weight is 516 g/mol. The number of carbonyl (C=O) groups excluding carboxylic acids is 1. The smallest absolute Gasteiger partial charge is 0.312 e. The van der Waals surface area contributed by atoms with Crippen molar-refractivity contribution in [3.8, 4) is 11.5 Å². The number of hydrogen-bond donors (Lipinski definition) is 1. The summed E-state index contributed by atoms with van der Waals surface area (Å²) in [5.41, 5.74) is 4.53. The maximum absolute atomic E-state index is 12.2. The highest BCUT2D eigenvalue weighted by molar-refractivity contribution is 9.10. The van der Waals surface area contributed by atoms with Gasteiger partial charge in [0, 0.05) is 0 Å². The first kappa shape index (κ1) is 23.9. The Morgan fingerprint density at radius 2 is 2.03 bits per heavy atom. The van der Waals surface area contributed by atoms with E-state index in [9.17, 15) is 14.9 Å². The van der Waals surface area contributed by atoms with Gasteiger partial charge in [0.1, 0.15) is 24.5 Å². The molecule has 3 aromatic rings. The van der Waals surface area contributed by atoms with Gasteiger partial charge in [0.25, 0.3) is 5.91 Å². The highest BCUT2D eigenvalue weighted by Crippen LogP contribution is 2.36. The molecule has 1 aromatic heterocycles. The number of ether oxygens (including phenoxy) is 2. The van der Waals surface area contributed by atoms with Crippen LogP contribution in [0.3, 0.4) is 0 Å². The molecule has 33 heavy (non-hydrogen) atoms. The molecular formula is C22H22BrN5O5. The van der Waals surface area contributed by atoms with Crippen molar-refractivity contribution in [1.29, 1.82) is 0 Å². The van der Waals surface area contributed by atoms with Crippen LogP contribution < -0.4 is 14.9 Å². The monoisotopic (exact) mass is 515 g/mol. The molecule has 0 radical (unpaired) electrons. The summed E-state index contributed by atoms with van der Waals surface area (Å²) in [5.74, 6) is 0.581. The Morgan fingerprint density at radius 3 is 2.67 bits per heavy atom. The first-order chi connectivity index (χ1) is 15.8. The molecule has 10 nitrogen and oxygen atoms in total. The highest BCUT2D eigenvalue weighted by Gasteiger charge is 2.22. The van der Waals surface area contributed by atoms with Gasteiger partial charge in [0.05, 0.1) is 22.7 Å². The van der Waals surface area contributed by atoms with Crippen LogP contribution >= 0.6 is 15.9 Å². The number of halogens is 1. The summed E-state index contributed by atoms with van der Waals surface area (Å²) in [6.07, 6.45) is 1.45. The summed E-state index contributed by atoms with van der Waals surface area (Å²) in [6, 6.07) is 13.3. The number of aryl methyl sites for hydroxylation is 1. The number of hydrazone groups is 1. The van der Waals surface area contributed by atoms with E-state index in [1.165, 1.54) is 24.9 Å². The second-order valence-corrected chi connectivity index (χ2v) is 7.89. The zero-order chi connectivity index (χ0) is 24.0. The molecule has 0 aliphatic carbocycles. The third-order valence-electron chi connectivity index (χ3n) is 4.70. The van der Waals surface area contributed by atoms with E-state index in [-0.39, 0.29) is 17.9 Å². The lowest BCUT2D eigenvalue weighted by atomic mass is 10.2. The predicted molar refractivity (Wildman–Crippen MR) is 126 cm³/mol. The van der Waals surface area contributed by atoms with Crippen LogP contribution in [-0.2, 0) is 17.9 Å². The largest absolute Gasteiger partial charge is 0.493 e. The molecule has 1 N–H and O–H groups in total. The summed E-state index contributed by atoms with van der Waals surface area (Å²) >= 11 is 3.49. The van der Waals surface area contributed by atoms with Gasteiger partial charge in [-0.15, -0.1) is 0 Å².